The van der Waals surface area contributed by atoms with Gasteiger partial charge >= 0.3 is 6.18 Å². The Kier molecular flexibility index (Phi) is 9.96. The van der Waals surface area contributed by atoms with Crippen molar-refractivity contribution in [2.45, 2.75) is 32.6 Å². The van der Waals surface area contributed by atoms with Gasteiger partial charge in [0.15, 0.2) is 0 Å². The third-order valence-corrected chi connectivity index (χ3v) is 7.50. The van der Waals surface area contributed by atoms with E-state index < -0.39 is 17.6 Å². The van der Waals surface area contributed by atoms with E-state index in [4.69, 9.17) is 5.26 Å². The predicted molar refractivity (Wildman–Crippen MR) is 167 cm³/mol. The Morgan fingerprint density at radius 3 is 2.48 bits per heavy atom. The minimum absolute atomic E-state index is 0.0630. The van der Waals surface area contributed by atoms with E-state index >= 15 is 0 Å². The van der Waals surface area contributed by atoms with Crippen LogP contribution in [0.5, 0.6) is 0 Å². The van der Waals surface area contributed by atoms with Crippen LogP contribution < -0.4 is 10.6 Å². The van der Waals surface area contributed by atoms with Crippen molar-refractivity contribution in [1.82, 2.24) is 29.5 Å². The van der Waals surface area contributed by atoms with Crippen molar-refractivity contribution >= 4 is 23.2 Å². The number of aromatic nitrogens is 4. The van der Waals surface area contributed by atoms with Crippen molar-refractivity contribution in [3.05, 3.63) is 94.6 Å². The summed E-state index contributed by atoms with van der Waals surface area (Å²) in [5.41, 5.74) is 2.37. The van der Waals surface area contributed by atoms with Crippen molar-refractivity contribution in [2.24, 2.45) is 0 Å². The Labute approximate surface area is 264 Å². The summed E-state index contributed by atoms with van der Waals surface area (Å²) in [5.74, 6) is 5.83. The fourth-order valence-electron chi connectivity index (χ4n) is 4.84. The van der Waals surface area contributed by atoms with E-state index in [-0.39, 0.29) is 23.4 Å². The molecule has 236 valence electrons. The third kappa shape index (κ3) is 8.47. The average Bonchev–Trinajstić information content (AvgIpc) is 3.48. The molecule has 46 heavy (non-hydrogen) atoms. The molecule has 2 N–H and O–H groups in total. The van der Waals surface area contributed by atoms with E-state index in [0.717, 1.165) is 24.7 Å². The van der Waals surface area contributed by atoms with Crippen LogP contribution in [-0.4, -0.2) is 68.7 Å². The summed E-state index contributed by atoms with van der Waals surface area (Å²) in [6.07, 6.45) is 2.27. The number of nitriles is 1. The van der Waals surface area contributed by atoms with Crippen molar-refractivity contribution < 1.29 is 18.0 Å². The molecule has 4 aromatic rings. The van der Waals surface area contributed by atoms with Gasteiger partial charge in [-0.15, -0.1) is 0 Å². The number of piperazine rings is 1. The summed E-state index contributed by atoms with van der Waals surface area (Å²) >= 11 is 0. The lowest BCUT2D eigenvalue weighted by Crippen LogP contribution is -2.44. The first-order valence-electron chi connectivity index (χ1n) is 14.6. The number of carbonyl (C=O) groups is 1. The molecule has 0 radical (unpaired) electrons. The van der Waals surface area contributed by atoms with Crippen LogP contribution in [0.15, 0.2) is 61.2 Å². The second-order valence-electron chi connectivity index (χ2n) is 11.0. The van der Waals surface area contributed by atoms with E-state index in [1.807, 2.05) is 18.9 Å². The van der Waals surface area contributed by atoms with Gasteiger partial charge in [-0.05, 0) is 49.4 Å². The fraction of sp³-hybridized carbons (Fsp3) is 0.303. The highest BCUT2D eigenvalue weighted by atomic mass is 19.4. The van der Waals surface area contributed by atoms with Crippen LogP contribution in [0.1, 0.15) is 44.6 Å². The number of carbonyl (C=O) groups excluding carboxylic acids is 1. The van der Waals surface area contributed by atoms with Gasteiger partial charge < -0.3 is 15.5 Å². The lowest BCUT2D eigenvalue weighted by Gasteiger charge is -2.33. The number of aryl methyl sites for hydroxylation is 2. The molecule has 0 spiro atoms. The maximum atomic E-state index is 14.0. The van der Waals surface area contributed by atoms with Crippen LogP contribution in [0.2, 0.25) is 0 Å². The maximum absolute atomic E-state index is 14.0. The van der Waals surface area contributed by atoms with Gasteiger partial charge in [0.2, 0.25) is 5.95 Å². The molecule has 1 fully saturated rings. The Bertz CT molecular complexity index is 1790. The Morgan fingerprint density at radius 2 is 1.76 bits per heavy atom. The molecular weight excluding hydrogens is 595 g/mol. The van der Waals surface area contributed by atoms with E-state index in [0.29, 0.717) is 48.8 Å². The summed E-state index contributed by atoms with van der Waals surface area (Å²) in [7, 11) is 1.99. The van der Waals surface area contributed by atoms with E-state index in [1.165, 1.54) is 12.1 Å². The maximum Gasteiger partial charge on any atom is 0.416 e. The largest absolute Gasteiger partial charge is 0.416 e. The van der Waals surface area contributed by atoms with Gasteiger partial charge in [0.05, 0.1) is 42.0 Å². The summed E-state index contributed by atoms with van der Waals surface area (Å²) in [5, 5.41) is 18.5. The van der Waals surface area contributed by atoms with Gasteiger partial charge in [0.1, 0.15) is 0 Å². The molecule has 0 saturated carbocycles. The quantitative estimate of drug-likeness (QED) is 0.261. The highest BCUT2D eigenvalue weighted by Gasteiger charge is 2.34. The highest BCUT2D eigenvalue weighted by molar-refractivity contribution is 6.04. The van der Waals surface area contributed by atoms with Crippen molar-refractivity contribution in [3.63, 3.8) is 0 Å². The first-order chi connectivity index (χ1) is 22.1. The first kappa shape index (κ1) is 32.2. The Hall–Kier alpha value is -5.24. The average molecular weight is 628 g/mol. The molecule has 2 aromatic carbocycles. The third-order valence-electron chi connectivity index (χ3n) is 7.50. The smallest absolute Gasteiger partial charge is 0.322 e. The SMILES string of the molecule is Cc1ccc(C(=O)Nc2ccc(CN3CCN(C)CC3)c(C(F)(F)F)c2)cc1C#Cc1cnc(Nc2cnn(CCC#N)c2)nc1. The summed E-state index contributed by atoms with van der Waals surface area (Å²) in [4.78, 5) is 25.8. The zero-order valence-corrected chi connectivity index (χ0v) is 25.4. The Morgan fingerprint density at radius 1 is 1.00 bits per heavy atom. The number of benzene rings is 2. The topological polar surface area (TPSA) is 115 Å². The van der Waals surface area contributed by atoms with Gasteiger partial charge in [-0.25, -0.2) is 9.97 Å². The van der Waals surface area contributed by atoms with Crippen molar-refractivity contribution in [1.29, 1.82) is 5.26 Å². The fourth-order valence-corrected chi connectivity index (χ4v) is 4.84. The van der Waals surface area contributed by atoms with E-state index in [9.17, 15) is 18.0 Å². The van der Waals surface area contributed by atoms with Crippen LogP contribution in [0.3, 0.4) is 0 Å². The molecule has 2 aromatic heterocycles. The number of nitrogens with one attached hydrogen (secondary N) is 2. The van der Waals surface area contributed by atoms with Gasteiger partial charge in [-0.2, -0.15) is 23.5 Å². The molecular formula is C33H32F3N9O. The number of rotatable bonds is 8. The number of halogens is 3. The lowest BCUT2D eigenvalue weighted by atomic mass is 10.0. The molecule has 0 unspecified atom stereocenters. The van der Waals surface area contributed by atoms with Crippen LogP contribution in [-0.2, 0) is 19.3 Å². The van der Waals surface area contributed by atoms with Crippen molar-refractivity contribution in [3.8, 4) is 17.9 Å². The summed E-state index contributed by atoms with van der Waals surface area (Å²) in [6, 6.07) is 11.0. The molecule has 1 amide bonds. The number of amides is 1. The molecule has 0 bridgehead atoms. The number of hydrogen-bond donors (Lipinski definition) is 2. The number of hydrogen-bond acceptors (Lipinski definition) is 8. The number of alkyl halides is 3. The minimum atomic E-state index is -4.56. The van der Waals surface area contributed by atoms with Crippen molar-refractivity contribution in [2.75, 3.05) is 43.9 Å². The first-order valence-corrected chi connectivity index (χ1v) is 14.6. The standard InChI is InChI=1S/C33H32F3N9O/c1-23-4-6-26(16-25(23)7-5-24-18-38-32(39-19-24)42-29-20-40-45(22-29)11-3-10-37)31(46)41-28-9-8-27(30(17-28)33(34,35)36)21-44-14-12-43(2)13-15-44/h4,6,8-9,16-20,22H,3,11-15,21H2,1-2H3,(H,41,46)(H,38,39,42). The van der Waals surface area contributed by atoms with Gasteiger partial charge in [-0.3, -0.25) is 14.4 Å². The zero-order valence-electron chi connectivity index (χ0n) is 25.4. The molecule has 0 atom stereocenters. The molecule has 1 aliphatic heterocycles. The van der Waals surface area contributed by atoms with E-state index in [1.54, 1.807) is 47.7 Å². The molecule has 1 aliphatic rings. The second-order valence-corrected chi connectivity index (χ2v) is 11.0. The highest BCUT2D eigenvalue weighted by Crippen LogP contribution is 2.34. The normalized spacial score (nSPS) is 13.8. The molecule has 1 saturated heterocycles. The molecule has 13 heteroatoms. The number of anilines is 3. The molecule has 10 nitrogen and oxygen atoms in total. The predicted octanol–water partition coefficient (Wildman–Crippen LogP) is 5.06. The number of nitrogens with zero attached hydrogens (tertiary/aromatic N) is 7. The van der Waals surface area contributed by atoms with Crippen LogP contribution in [0.25, 0.3) is 0 Å². The van der Waals surface area contributed by atoms with Gasteiger partial charge in [0.25, 0.3) is 5.91 Å². The molecule has 0 aliphatic carbocycles. The number of likely N-dealkylation sites (N-methyl/N-ethyl adjacent to an activating group) is 1. The minimum Gasteiger partial charge on any atom is -0.322 e. The zero-order chi connectivity index (χ0) is 32.7. The van der Waals surface area contributed by atoms with E-state index in [2.05, 4.69) is 48.5 Å². The van der Waals surface area contributed by atoms with Crippen LogP contribution >= 0.6 is 0 Å². The Balaban J connectivity index is 1.25. The summed E-state index contributed by atoms with van der Waals surface area (Å²) < 4.78 is 43.7. The van der Waals surface area contributed by atoms with Gasteiger partial charge in [-0.1, -0.05) is 24.0 Å². The van der Waals surface area contributed by atoms with Gasteiger partial charge in [0, 0.05) is 68.1 Å². The van der Waals surface area contributed by atoms with Crippen LogP contribution in [0, 0.1) is 30.1 Å². The molecule has 3 heterocycles. The molecule has 5 rings (SSSR count). The lowest BCUT2D eigenvalue weighted by molar-refractivity contribution is -0.138. The summed E-state index contributed by atoms with van der Waals surface area (Å²) in [6.45, 7) is 5.52. The monoisotopic (exact) mass is 627 g/mol. The van der Waals surface area contributed by atoms with Crippen LogP contribution in [0.4, 0.5) is 30.5 Å². The second kappa shape index (κ2) is 14.2.